The lowest BCUT2D eigenvalue weighted by molar-refractivity contribution is -0.137. The third kappa shape index (κ3) is 4.44. The summed E-state index contributed by atoms with van der Waals surface area (Å²) in [4.78, 5) is 32.3. The maximum atomic E-state index is 11.9. The number of aromatic nitrogens is 2. The van der Waals surface area contributed by atoms with Gasteiger partial charge in [-0.15, -0.1) is 0 Å². The van der Waals surface area contributed by atoms with Gasteiger partial charge in [-0.25, -0.2) is 9.78 Å². The predicted molar refractivity (Wildman–Crippen MR) is 65.0 cm³/mol. The molecule has 7 nitrogen and oxygen atoms in total. The normalized spacial score (nSPS) is 10.1. The van der Waals surface area contributed by atoms with E-state index in [-0.39, 0.29) is 12.5 Å². The van der Waals surface area contributed by atoms with Crippen molar-refractivity contribution in [3.63, 3.8) is 0 Å². The lowest BCUT2D eigenvalue weighted by Crippen LogP contribution is -2.39. The van der Waals surface area contributed by atoms with Crippen molar-refractivity contribution in [3.8, 4) is 0 Å². The highest BCUT2D eigenvalue weighted by Gasteiger charge is 2.15. The molecule has 0 aliphatic rings. The predicted octanol–water partition coefficient (Wildman–Crippen LogP) is 0.758. The number of rotatable bonds is 6. The van der Waals surface area contributed by atoms with E-state index in [1.54, 1.807) is 26.5 Å². The minimum atomic E-state index is -0.847. The zero-order valence-corrected chi connectivity index (χ0v) is 10.6. The number of amides is 2. The molecule has 1 heterocycles. The molecule has 0 radical (unpaired) electrons. The lowest BCUT2D eigenvalue weighted by Gasteiger charge is -2.24. The summed E-state index contributed by atoms with van der Waals surface area (Å²) >= 11 is 0. The highest BCUT2D eigenvalue weighted by atomic mass is 16.4. The molecule has 0 aliphatic heterocycles. The van der Waals surface area contributed by atoms with Gasteiger partial charge >= 0.3 is 12.0 Å². The summed E-state index contributed by atoms with van der Waals surface area (Å²) in [5.74, 6) is -0.135. The summed E-state index contributed by atoms with van der Waals surface area (Å²) in [5, 5.41) is 8.52. The topological polar surface area (TPSA) is 89.5 Å². The molecular formula is C11H18N4O3. The number of carboxylic acid groups (broad SMARTS) is 1. The van der Waals surface area contributed by atoms with E-state index in [0.29, 0.717) is 25.3 Å². The molecule has 0 aliphatic carbocycles. The molecule has 0 atom stereocenters. The van der Waals surface area contributed by atoms with Gasteiger partial charge < -0.3 is 19.9 Å². The number of carbonyl (C=O) groups is 2. The summed E-state index contributed by atoms with van der Waals surface area (Å²) in [6.07, 6.45) is 3.85. The van der Waals surface area contributed by atoms with Crippen molar-refractivity contribution in [3.05, 3.63) is 18.2 Å². The number of hydrogen-bond acceptors (Lipinski definition) is 3. The Morgan fingerprint density at radius 2 is 2.11 bits per heavy atom. The van der Waals surface area contributed by atoms with Crippen LogP contribution in [-0.4, -0.2) is 57.5 Å². The lowest BCUT2D eigenvalue weighted by atomic mass is 10.3. The minimum absolute atomic E-state index is 0.0690. The first kappa shape index (κ1) is 14.0. The molecule has 0 bridgehead atoms. The van der Waals surface area contributed by atoms with Crippen molar-refractivity contribution in [2.75, 3.05) is 20.6 Å². The van der Waals surface area contributed by atoms with Crippen LogP contribution < -0.4 is 0 Å². The number of nitrogens with one attached hydrogen (secondary N) is 1. The Bertz CT molecular complexity index is 391. The number of carbonyl (C=O) groups excluding carboxylic acids is 1. The van der Waals surface area contributed by atoms with Gasteiger partial charge in [0.1, 0.15) is 5.82 Å². The first-order chi connectivity index (χ1) is 8.50. The molecule has 2 N–H and O–H groups in total. The van der Waals surface area contributed by atoms with Crippen LogP contribution in [0.5, 0.6) is 0 Å². The van der Waals surface area contributed by atoms with Crippen molar-refractivity contribution in [1.82, 2.24) is 19.8 Å². The van der Waals surface area contributed by atoms with E-state index in [2.05, 4.69) is 9.97 Å². The summed E-state index contributed by atoms with van der Waals surface area (Å²) < 4.78 is 0. The third-order valence-electron chi connectivity index (χ3n) is 2.48. The quantitative estimate of drug-likeness (QED) is 0.784. The number of aromatic amines is 1. The number of H-pyrrole nitrogens is 1. The van der Waals surface area contributed by atoms with Gasteiger partial charge in [-0.3, -0.25) is 4.79 Å². The minimum Gasteiger partial charge on any atom is -0.481 e. The number of carboxylic acids is 1. The van der Waals surface area contributed by atoms with Crippen molar-refractivity contribution in [1.29, 1.82) is 0 Å². The van der Waals surface area contributed by atoms with Gasteiger partial charge in [-0.05, 0) is 6.42 Å². The van der Waals surface area contributed by atoms with Crippen LogP contribution in [0.25, 0.3) is 0 Å². The smallest absolute Gasteiger partial charge is 0.319 e. The number of aliphatic carboxylic acids is 1. The Hall–Kier alpha value is -2.05. The van der Waals surface area contributed by atoms with Crippen LogP contribution in [0.2, 0.25) is 0 Å². The molecule has 100 valence electrons. The fraction of sp³-hybridized carbons (Fsp3) is 0.545. The van der Waals surface area contributed by atoms with Crippen LogP contribution in [0.1, 0.15) is 18.7 Å². The van der Waals surface area contributed by atoms with Gasteiger partial charge in [-0.1, -0.05) is 0 Å². The first-order valence-corrected chi connectivity index (χ1v) is 5.67. The molecule has 0 saturated carbocycles. The Labute approximate surface area is 105 Å². The van der Waals surface area contributed by atoms with Crippen LogP contribution in [0, 0.1) is 0 Å². The van der Waals surface area contributed by atoms with E-state index in [4.69, 9.17) is 5.11 Å². The molecule has 1 aromatic rings. The van der Waals surface area contributed by atoms with E-state index in [9.17, 15) is 9.59 Å². The van der Waals surface area contributed by atoms with Crippen molar-refractivity contribution in [2.45, 2.75) is 19.4 Å². The third-order valence-corrected chi connectivity index (χ3v) is 2.48. The van der Waals surface area contributed by atoms with Gasteiger partial charge in [0.15, 0.2) is 0 Å². The summed E-state index contributed by atoms with van der Waals surface area (Å²) in [7, 11) is 3.33. The summed E-state index contributed by atoms with van der Waals surface area (Å²) in [6, 6.07) is -0.156. The second-order valence-corrected chi connectivity index (χ2v) is 4.09. The molecular weight excluding hydrogens is 236 g/mol. The van der Waals surface area contributed by atoms with E-state index in [1.807, 2.05) is 0 Å². The number of hydrogen-bond donors (Lipinski definition) is 2. The summed E-state index contributed by atoms with van der Waals surface area (Å²) in [6.45, 7) is 0.822. The maximum Gasteiger partial charge on any atom is 0.319 e. The highest BCUT2D eigenvalue weighted by Crippen LogP contribution is 2.01. The van der Waals surface area contributed by atoms with Gasteiger partial charge in [0, 0.05) is 39.5 Å². The average molecular weight is 254 g/mol. The molecule has 18 heavy (non-hydrogen) atoms. The van der Waals surface area contributed by atoms with E-state index in [1.165, 1.54) is 9.80 Å². The average Bonchev–Trinajstić information content (AvgIpc) is 2.80. The first-order valence-electron chi connectivity index (χ1n) is 5.67. The fourth-order valence-electron chi connectivity index (χ4n) is 1.53. The van der Waals surface area contributed by atoms with Crippen LogP contribution in [0.15, 0.2) is 12.4 Å². The Balaban J connectivity index is 2.35. The van der Waals surface area contributed by atoms with Gasteiger partial charge in [-0.2, -0.15) is 0 Å². The van der Waals surface area contributed by atoms with E-state index < -0.39 is 5.97 Å². The van der Waals surface area contributed by atoms with Crippen LogP contribution in [0.4, 0.5) is 4.79 Å². The van der Waals surface area contributed by atoms with Crippen molar-refractivity contribution < 1.29 is 14.7 Å². The number of nitrogens with zero attached hydrogens (tertiary/aromatic N) is 3. The zero-order chi connectivity index (χ0) is 13.5. The van der Waals surface area contributed by atoms with Gasteiger partial charge in [0.25, 0.3) is 0 Å². The van der Waals surface area contributed by atoms with Gasteiger partial charge in [0.05, 0.1) is 6.54 Å². The SMILES string of the molecule is CN(CCCC(=O)O)C(=O)N(C)Cc1ncc[nH]1. The molecule has 0 saturated heterocycles. The van der Waals surface area contributed by atoms with E-state index >= 15 is 0 Å². The van der Waals surface area contributed by atoms with Crippen LogP contribution >= 0.6 is 0 Å². The van der Waals surface area contributed by atoms with Gasteiger partial charge in [0.2, 0.25) is 0 Å². The molecule has 0 fully saturated rings. The Kier molecular flexibility index (Phi) is 5.16. The van der Waals surface area contributed by atoms with Crippen molar-refractivity contribution in [2.24, 2.45) is 0 Å². The molecule has 7 heteroatoms. The zero-order valence-electron chi connectivity index (χ0n) is 10.6. The second-order valence-electron chi connectivity index (χ2n) is 4.09. The Morgan fingerprint density at radius 1 is 1.39 bits per heavy atom. The molecule has 1 rings (SSSR count). The molecule has 0 spiro atoms. The number of urea groups is 1. The maximum absolute atomic E-state index is 11.9. The summed E-state index contributed by atoms with van der Waals surface area (Å²) in [5.41, 5.74) is 0. The molecule has 2 amide bonds. The monoisotopic (exact) mass is 254 g/mol. The largest absolute Gasteiger partial charge is 0.481 e. The number of imidazole rings is 1. The van der Waals surface area contributed by atoms with Crippen molar-refractivity contribution >= 4 is 12.0 Å². The van der Waals surface area contributed by atoms with Crippen LogP contribution in [-0.2, 0) is 11.3 Å². The van der Waals surface area contributed by atoms with E-state index in [0.717, 1.165) is 0 Å². The standard InChI is InChI=1S/C11H18N4O3/c1-14(7-3-4-10(16)17)11(18)15(2)8-9-12-5-6-13-9/h5-6H,3-4,7-8H2,1-2H3,(H,12,13)(H,16,17). The van der Waals surface area contributed by atoms with Crippen LogP contribution in [0.3, 0.4) is 0 Å². The molecule has 0 unspecified atom stereocenters. The Morgan fingerprint density at radius 3 is 2.67 bits per heavy atom. The molecule has 1 aromatic heterocycles. The fourth-order valence-corrected chi connectivity index (χ4v) is 1.53. The molecule has 0 aromatic carbocycles. The highest BCUT2D eigenvalue weighted by molar-refractivity contribution is 5.73. The second kappa shape index (κ2) is 6.63.